The van der Waals surface area contributed by atoms with Crippen molar-refractivity contribution in [1.29, 1.82) is 0 Å². The number of fused-ring (bicyclic) bond motifs is 1. The highest BCUT2D eigenvalue weighted by Crippen LogP contribution is 2.35. The number of rotatable bonds is 4. The number of imide groups is 1. The molecule has 1 N–H and O–H groups in total. The molecule has 2 aromatic heterocycles. The Morgan fingerprint density at radius 1 is 1.13 bits per heavy atom. The molecule has 0 radical (unpaired) electrons. The predicted molar refractivity (Wildman–Crippen MR) is 114 cm³/mol. The summed E-state index contributed by atoms with van der Waals surface area (Å²) in [7, 11) is 0. The van der Waals surface area contributed by atoms with Crippen molar-refractivity contribution < 1.29 is 14.4 Å². The number of nitrogens with one attached hydrogen (secondary N) is 1. The highest BCUT2D eigenvalue weighted by Gasteiger charge is 2.30. The van der Waals surface area contributed by atoms with Gasteiger partial charge < -0.3 is 4.79 Å². The number of aldehydes is 1. The summed E-state index contributed by atoms with van der Waals surface area (Å²) in [4.78, 5) is 35.0. The van der Waals surface area contributed by atoms with E-state index in [2.05, 4.69) is 27.8 Å². The van der Waals surface area contributed by atoms with E-state index in [1.54, 1.807) is 4.68 Å². The maximum absolute atomic E-state index is 12.4. The first-order valence-electron chi connectivity index (χ1n) is 10.9. The van der Waals surface area contributed by atoms with Crippen molar-refractivity contribution in [2.45, 2.75) is 57.5 Å². The van der Waals surface area contributed by atoms with E-state index >= 15 is 0 Å². The van der Waals surface area contributed by atoms with Crippen LogP contribution in [0, 0.1) is 12.8 Å². The molecule has 2 aliphatic rings. The van der Waals surface area contributed by atoms with E-state index in [9.17, 15) is 14.4 Å². The van der Waals surface area contributed by atoms with Crippen molar-refractivity contribution >= 4 is 29.0 Å². The molecule has 0 unspecified atom stereocenters. The number of carbonyl (C=O) groups excluding carboxylic acids is 3. The first kappa shape index (κ1) is 19.7. The van der Waals surface area contributed by atoms with E-state index in [1.807, 2.05) is 29.9 Å². The van der Waals surface area contributed by atoms with Gasteiger partial charge in [-0.15, -0.1) is 0 Å². The number of benzene rings is 1. The van der Waals surface area contributed by atoms with E-state index in [4.69, 9.17) is 0 Å². The highest BCUT2D eigenvalue weighted by molar-refractivity contribution is 6.01. The molecule has 1 saturated heterocycles. The normalized spacial score (nSPS) is 24.4. The fourth-order valence-corrected chi connectivity index (χ4v) is 4.95. The predicted octanol–water partition coefficient (Wildman–Crippen LogP) is 3.12. The lowest BCUT2D eigenvalue weighted by atomic mass is 9.87. The Hall–Kier alpha value is -3.29. The summed E-state index contributed by atoms with van der Waals surface area (Å²) < 4.78 is 3.77. The fourth-order valence-electron chi connectivity index (χ4n) is 4.95. The molecule has 1 saturated carbocycles. The summed E-state index contributed by atoms with van der Waals surface area (Å²) >= 11 is 0. The van der Waals surface area contributed by atoms with Crippen molar-refractivity contribution in [3.05, 3.63) is 36.3 Å². The van der Waals surface area contributed by atoms with Gasteiger partial charge in [-0.05, 0) is 50.7 Å². The number of aryl methyl sites for hydroxylation is 1. The summed E-state index contributed by atoms with van der Waals surface area (Å²) in [5.41, 5.74) is 3.76. The van der Waals surface area contributed by atoms with Crippen LogP contribution in [0.15, 0.2) is 30.6 Å². The van der Waals surface area contributed by atoms with E-state index in [0.29, 0.717) is 18.9 Å². The Morgan fingerprint density at radius 2 is 1.94 bits per heavy atom. The van der Waals surface area contributed by atoms with Gasteiger partial charge in [-0.3, -0.25) is 24.3 Å². The quantitative estimate of drug-likeness (QED) is 0.517. The Morgan fingerprint density at radius 3 is 2.68 bits per heavy atom. The number of hydrogen-bond donors (Lipinski definition) is 1. The van der Waals surface area contributed by atoms with Crippen LogP contribution >= 0.6 is 0 Å². The van der Waals surface area contributed by atoms with Gasteiger partial charge >= 0.3 is 0 Å². The number of hydrogen-bond acceptors (Lipinski definition) is 5. The minimum absolute atomic E-state index is 0.181. The van der Waals surface area contributed by atoms with Crippen molar-refractivity contribution in [3.63, 3.8) is 0 Å². The van der Waals surface area contributed by atoms with Gasteiger partial charge in [0, 0.05) is 29.5 Å². The Kier molecular flexibility index (Phi) is 4.92. The second-order valence-electron chi connectivity index (χ2n) is 8.61. The van der Waals surface area contributed by atoms with Crippen molar-refractivity contribution in [2.75, 3.05) is 0 Å². The van der Waals surface area contributed by atoms with E-state index in [1.165, 1.54) is 0 Å². The second kappa shape index (κ2) is 7.76. The molecular formula is C23H25N5O3. The smallest absolute Gasteiger partial charge is 0.251 e. The molecule has 1 aliphatic carbocycles. The monoisotopic (exact) mass is 419 g/mol. The van der Waals surface area contributed by atoms with E-state index in [0.717, 1.165) is 59.7 Å². The maximum Gasteiger partial charge on any atom is 0.251 e. The number of aromatic nitrogens is 4. The van der Waals surface area contributed by atoms with Gasteiger partial charge in [-0.1, -0.05) is 12.1 Å². The molecule has 2 fully saturated rings. The average molecular weight is 419 g/mol. The molecule has 1 aromatic carbocycles. The number of nitrogens with zero attached hydrogens (tertiary/aromatic N) is 4. The van der Waals surface area contributed by atoms with Gasteiger partial charge in [0.1, 0.15) is 12.3 Å². The topological polar surface area (TPSA) is 98.9 Å². The molecule has 1 atom stereocenters. The van der Waals surface area contributed by atoms with Crippen LogP contribution in [0.4, 0.5) is 0 Å². The molecule has 5 rings (SSSR count). The van der Waals surface area contributed by atoms with Crippen molar-refractivity contribution in [1.82, 2.24) is 24.9 Å². The average Bonchev–Trinajstić information content (AvgIpc) is 3.39. The molecule has 0 bridgehead atoms. The molecule has 31 heavy (non-hydrogen) atoms. The largest absolute Gasteiger partial charge is 0.303 e. The molecule has 2 amide bonds. The van der Waals surface area contributed by atoms with Crippen molar-refractivity contribution in [2.24, 2.45) is 5.92 Å². The zero-order valence-electron chi connectivity index (χ0n) is 17.5. The zero-order valence-corrected chi connectivity index (χ0v) is 17.5. The number of amides is 2. The second-order valence-corrected chi connectivity index (χ2v) is 8.61. The van der Waals surface area contributed by atoms with Crippen LogP contribution in [0.5, 0.6) is 0 Å². The summed E-state index contributed by atoms with van der Waals surface area (Å²) in [6, 6.07) is 5.81. The van der Waals surface area contributed by atoms with Crippen LogP contribution in [-0.2, 0) is 14.4 Å². The molecule has 0 spiro atoms. The molecule has 3 aromatic rings. The maximum atomic E-state index is 12.4. The fraction of sp³-hybridized carbons (Fsp3) is 0.435. The lowest BCUT2D eigenvalue weighted by Crippen LogP contribution is -2.42. The van der Waals surface area contributed by atoms with Gasteiger partial charge in [0.05, 0.1) is 23.4 Å². The first-order chi connectivity index (χ1) is 15.0. The SMILES string of the molecule is Cc1nn([C@@H]2CCC(=O)NC2=O)c2cccc(-c3cnn(C4CCC(C=O)CC4)c3)c12. The first-order valence-corrected chi connectivity index (χ1v) is 10.9. The lowest BCUT2D eigenvalue weighted by molar-refractivity contribution is -0.135. The highest BCUT2D eigenvalue weighted by atomic mass is 16.2. The van der Waals surface area contributed by atoms with E-state index in [-0.39, 0.29) is 17.7 Å². The summed E-state index contributed by atoms with van der Waals surface area (Å²) in [6.07, 6.45) is 9.54. The summed E-state index contributed by atoms with van der Waals surface area (Å²) in [6.45, 7) is 1.94. The standard InChI is InChI=1S/C23H25N5O3/c1-14-22-18(16-11-24-27(12-16)17-7-5-15(13-29)6-8-17)3-2-4-19(22)28(26-14)20-9-10-21(30)25-23(20)31/h2-4,11-13,15,17,20H,5-10H2,1H3,(H,25,30,31)/t15?,17?,20-/m1/s1. The molecule has 1 aliphatic heterocycles. The Balaban J connectivity index is 1.49. The van der Waals surface area contributed by atoms with Crippen LogP contribution in [-0.4, -0.2) is 37.7 Å². The third-order valence-electron chi connectivity index (χ3n) is 6.63. The van der Waals surface area contributed by atoms with Crippen LogP contribution in [0.3, 0.4) is 0 Å². The van der Waals surface area contributed by atoms with Gasteiger partial charge in [0.15, 0.2) is 0 Å². The number of carbonyl (C=O) groups is 3. The van der Waals surface area contributed by atoms with Gasteiger partial charge in [0.2, 0.25) is 5.91 Å². The number of piperidine rings is 1. The van der Waals surface area contributed by atoms with Crippen LogP contribution in [0.1, 0.15) is 56.3 Å². The summed E-state index contributed by atoms with van der Waals surface area (Å²) in [5.74, 6) is -0.352. The molecule has 3 heterocycles. The van der Waals surface area contributed by atoms with Gasteiger partial charge in [-0.25, -0.2) is 0 Å². The van der Waals surface area contributed by atoms with Crippen molar-refractivity contribution in [3.8, 4) is 11.1 Å². The molecule has 160 valence electrons. The molecule has 8 heteroatoms. The van der Waals surface area contributed by atoms with Gasteiger partial charge in [0.25, 0.3) is 5.91 Å². The Labute approximate surface area is 179 Å². The minimum Gasteiger partial charge on any atom is -0.303 e. The molecule has 8 nitrogen and oxygen atoms in total. The van der Waals surface area contributed by atoms with Gasteiger partial charge in [-0.2, -0.15) is 10.2 Å². The van der Waals surface area contributed by atoms with Crippen LogP contribution in [0.25, 0.3) is 22.0 Å². The van der Waals surface area contributed by atoms with Crippen LogP contribution < -0.4 is 5.32 Å². The minimum atomic E-state index is -0.486. The van der Waals surface area contributed by atoms with E-state index < -0.39 is 6.04 Å². The summed E-state index contributed by atoms with van der Waals surface area (Å²) in [5, 5.41) is 12.7. The third kappa shape index (κ3) is 3.45. The van der Waals surface area contributed by atoms with Crippen LogP contribution in [0.2, 0.25) is 0 Å². The molecular weight excluding hydrogens is 394 g/mol. The lowest BCUT2D eigenvalue weighted by Gasteiger charge is -2.25. The zero-order chi connectivity index (χ0) is 21.5. The third-order valence-corrected chi connectivity index (χ3v) is 6.63. The Bertz CT molecular complexity index is 1170.